The van der Waals surface area contributed by atoms with E-state index >= 15 is 0 Å². The summed E-state index contributed by atoms with van der Waals surface area (Å²) in [7, 11) is 1.58. The number of hydrogen-bond acceptors (Lipinski definition) is 2. The van der Waals surface area contributed by atoms with Crippen LogP contribution in [0.25, 0.3) is 0 Å². The predicted molar refractivity (Wildman–Crippen MR) is 45.2 cm³/mol. The average Bonchev–Trinajstić information content (AvgIpc) is 2.13. The Kier molecular flexibility index (Phi) is 3.49. The monoisotopic (exact) mass is 205 g/mol. The topological polar surface area (TPSA) is 32.3 Å². The Balaban J connectivity index is 3.00. The third-order valence-electron chi connectivity index (χ3n) is 1.79. The Labute approximate surface area is 79.4 Å². The predicted octanol–water partition coefficient (Wildman–Crippen LogP) is 1.36. The van der Waals surface area contributed by atoms with E-state index in [2.05, 4.69) is 5.32 Å². The molecule has 1 aromatic carbocycles. The molecule has 78 valence electrons. The lowest BCUT2D eigenvalue weighted by Crippen LogP contribution is -2.17. The van der Waals surface area contributed by atoms with Gasteiger partial charge in [0, 0.05) is 6.54 Å². The van der Waals surface area contributed by atoms with E-state index in [-0.39, 0.29) is 12.1 Å². The molecule has 0 fully saturated rings. The summed E-state index contributed by atoms with van der Waals surface area (Å²) in [6.45, 7) is 0.143. The molecule has 0 amide bonds. The van der Waals surface area contributed by atoms with Gasteiger partial charge in [-0.05, 0) is 24.7 Å². The van der Waals surface area contributed by atoms with E-state index in [0.29, 0.717) is 0 Å². The molecule has 1 unspecified atom stereocenters. The Hall–Kier alpha value is -1.07. The molecule has 0 radical (unpaired) electrons. The third-order valence-corrected chi connectivity index (χ3v) is 1.79. The molecule has 0 aliphatic rings. The van der Waals surface area contributed by atoms with Gasteiger partial charge in [0.15, 0.2) is 17.5 Å². The molecule has 1 rings (SSSR count). The number of likely N-dealkylation sites (N-methyl/N-ethyl adjacent to an activating group) is 1. The smallest absolute Gasteiger partial charge is 0.194 e. The molecular formula is C9H10F3NO. The molecule has 0 aromatic heterocycles. The van der Waals surface area contributed by atoms with Crippen molar-refractivity contribution in [3.8, 4) is 0 Å². The molecule has 0 bridgehead atoms. The summed E-state index contributed by atoms with van der Waals surface area (Å²) in [4.78, 5) is 0. The minimum Gasteiger partial charge on any atom is -0.387 e. The van der Waals surface area contributed by atoms with Gasteiger partial charge in [0.2, 0.25) is 0 Å². The van der Waals surface area contributed by atoms with Gasteiger partial charge in [-0.25, -0.2) is 13.2 Å². The Morgan fingerprint density at radius 2 is 1.79 bits per heavy atom. The Bertz CT molecular complexity index is 307. The van der Waals surface area contributed by atoms with Crippen LogP contribution in [0.15, 0.2) is 12.1 Å². The van der Waals surface area contributed by atoms with Crippen LogP contribution in [0.2, 0.25) is 0 Å². The zero-order valence-corrected chi connectivity index (χ0v) is 7.52. The van der Waals surface area contributed by atoms with Crippen LogP contribution in [0.3, 0.4) is 0 Å². The van der Waals surface area contributed by atoms with Crippen molar-refractivity contribution in [1.29, 1.82) is 0 Å². The Morgan fingerprint density at radius 1 is 1.29 bits per heavy atom. The van der Waals surface area contributed by atoms with Gasteiger partial charge < -0.3 is 10.4 Å². The van der Waals surface area contributed by atoms with E-state index in [4.69, 9.17) is 0 Å². The molecule has 2 N–H and O–H groups in total. The molecule has 14 heavy (non-hydrogen) atoms. The molecule has 0 saturated carbocycles. The van der Waals surface area contributed by atoms with Crippen molar-refractivity contribution in [1.82, 2.24) is 5.32 Å². The summed E-state index contributed by atoms with van der Waals surface area (Å²) in [5.41, 5.74) is 0.00995. The summed E-state index contributed by atoms with van der Waals surface area (Å²) in [6.07, 6.45) is -1.05. The molecular weight excluding hydrogens is 195 g/mol. The molecule has 1 atom stereocenters. The normalized spacial score (nSPS) is 12.9. The van der Waals surface area contributed by atoms with Crippen molar-refractivity contribution in [2.24, 2.45) is 0 Å². The van der Waals surface area contributed by atoms with Crippen molar-refractivity contribution >= 4 is 0 Å². The fraction of sp³-hybridized carbons (Fsp3) is 0.333. The van der Waals surface area contributed by atoms with Crippen LogP contribution < -0.4 is 5.32 Å². The number of benzene rings is 1. The van der Waals surface area contributed by atoms with Crippen LogP contribution in [-0.2, 0) is 0 Å². The maximum atomic E-state index is 12.7. The van der Waals surface area contributed by atoms with Gasteiger partial charge in [0.1, 0.15) is 0 Å². The minimum atomic E-state index is -1.52. The molecule has 2 nitrogen and oxygen atoms in total. The van der Waals surface area contributed by atoms with Crippen LogP contribution in [-0.4, -0.2) is 18.7 Å². The number of halogens is 3. The Morgan fingerprint density at radius 3 is 2.21 bits per heavy atom. The lowest BCUT2D eigenvalue weighted by molar-refractivity contribution is 0.176. The maximum absolute atomic E-state index is 12.7. The van der Waals surface area contributed by atoms with Gasteiger partial charge in [-0.3, -0.25) is 0 Å². The number of hydrogen-bond donors (Lipinski definition) is 2. The summed E-state index contributed by atoms with van der Waals surface area (Å²) in [5.74, 6) is -4.12. The van der Waals surface area contributed by atoms with Crippen molar-refractivity contribution < 1.29 is 18.3 Å². The summed E-state index contributed by atoms with van der Waals surface area (Å²) in [5, 5.41) is 12.0. The molecule has 0 aliphatic heterocycles. The minimum absolute atomic E-state index is 0.00995. The van der Waals surface area contributed by atoms with E-state index in [1.807, 2.05) is 0 Å². The lowest BCUT2D eigenvalue weighted by Gasteiger charge is -2.10. The first-order valence-electron chi connectivity index (χ1n) is 4.03. The molecule has 0 saturated heterocycles. The van der Waals surface area contributed by atoms with Crippen LogP contribution >= 0.6 is 0 Å². The average molecular weight is 205 g/mol. The van der Waals surface area contributed by atoms with Crippen molar-refractivity contribution in [2.75, 3.05) is 13.6 Å². The second-order valence-corrected chi connectivity index (χ2v) is 2.87. The van der Waals surface area contributed by atoms with Gasteiger partial charge in [0.25, 0.3) is 0 Å². The first kappa shape index (κ1) is 11.0. The molecule has 0 aliphatic carbocycles. The zero-order chi connectivity index (χ0) is 10.7. The fourth-order valence-electron chi connectivity index (χ4n) is 1.08. The highest BCUT2D eigenvalue weighted by Crippen LogP contribution is 2.18. The first-order valence-corrected chi connectivity index (χ1v) is 4.03. The van der Waals surface area contributed by atoms with Crippen LogP contribution in [0.4, 0.5) is 13.2 Å². The van der Waals surface area contributed by atoms with Gasteiger partial charge in [0.05, 0.1) is 6.10 Å². The summed E-state index contributed by atoms with van der Waals surface area (Å²) >= 11 is 0. The van der Waals surface area contributed by atoms with Gasteiger partial charge in [-0.2, -0.15) is 0 Å². The quantitative estimate of drug-likeness (QED) is 0.730. The summed E-state index contributed by atoms with van der Waals surface area (Å²) < 4.78 is 37.9. The number of aliphatic hydroxyl groups excluding tert-OH is 1. The van der Waals surface area contributed by atoms with Crippen molar-refractivity contribution in [3.05, 3.63) is 35.1 Å². The van der Waals surface area contributed by atoms with E-state index in [1.54, 1.807) is 7.05 Å². The lowest BCUT2D eigenvalue weighted by atomic mass is 10.1. The van der Waals surface area contributed by atoms with Crippen molar-refractivity contribution in [2.45, 2.75) is 6.10 Å². The van der Waals surface area contributed by atoms with Gasteiger partial charge in [-0.1, -0.05) is 0 Å². The third kappa shape index (κ3) is 2.24. The zero-order valence-electron chi connectivity index (χ0n) is 7.52. The molecule has 0 heterocycles. The van der Waals surface area contributed by atoms with Crippen LogP contribution in [0.5, 0.6) is 0 Å². The van der Waals surface area contributed by atoms with Gasteiger partial charge >= 0.3 is 0 Å². The molecule has 1 aromatic rings. The highest BCUT2D eigenvalue weighted by molar-refractivity contribution is 5.21. The second kappa shape index (κ2) is 4.43. The van der Waals surface area contributed by atoms with E-state index < -0.39 is 23.6 Å². The standard InChI is InChI=1S/C9H10F3NO/c1-13-4-8(14)5-2-6(10)9(12)7(11)3-5/h2-3,8,13-14H,4H2,1H3. The molecule has 0 spiro atoms. The summed E-state index contributed by atoms with van der Waals surface area (Å²) in [6, 6.07) is 1.56. The first-order chi connectivity index (χ1) is 6.56. The second-order valence-electron chi connectivity index (χ2n) is 2.87. The highest BCUT2D eigenvalue weighted by atomic mass is 19.2. The fourth-order valence-corrected chi connectivity index (χ4v) is 1.08. The number of rotatable bonds is 3. The van der Waals surface area contributed by atoms with Crippen molar-refractivity contribution in [3.63, 3.8) is 0 Å². The number of aliphatic hydroxyl groups is 1. The molecule has 5 heteroatoms. The van der Waals surface area contributed by atoms with E-state index in [1.165, 1.54) is 0 Å². The maximum Gasteiger partial charge on any atom is 0.194 e. The largest absolute Gasteiger partial charge is 0.387 e. The number of nitrogens with one attached hydrogen (secondary N) is 1. The van der Waals surface area contributed by atoms with Crippen LogP contribution in [0, 0.1) is 17.5 Å². The highest BCUT2D eigenvalue weighted by Gasteiger charge is 2.14. The van der Waals surface area contributed by atoms with Gasteiger partial charge in [-0.15, -0.1) is 0 Å². The van der Waals surface area contributed by atoms with E-state index in [0.717, 1.165) is 12.1 Å². The SMILES string of the molecule is CNCC(O)c1cc(F)c(F)c(F)c1. The van der Waals surface area contributed by atoms with Crippen LogP contribution in [0.1, 0.15) is 11.7 Å². The van der Waals surface area contributed by atoms with E-state index in [9.17, 15) is 18.3 Å².